The van der Waals surface area contributed by atoms with Crippen LogP contribution in [0.1, 0.15) is 55.1 Å². The summed E-state index contributed by atoms with van der Waals surface area (Å²) in [5.74, 6) is -0.0793. The van der Waals surface area contributed by atoms with Crippen LogP contribution in [0.2, 0.25) is 0 Å². The normalized spacial score (nSPS) is 19.8. The summed E-state index contributed by atoms with van der Waals surface area (Å²) in [6.07, 6.45) is 7.97. The zero-order valence-corrected chi connectivity index (χ0v) is 17.8. The van der Waals surface area contributed by atoms with E-state index in [9.17, 15) is 4.79 Å². The molecule has 0 atom stereocenters. The smallest absolute Gasteiger partial charge is 0.204 e. The molecule has 1 aromatic heterocycles. The molecule has 0 radical (unpaired) electrons. The van der Waals surface area contributed by atoms with E-state index in [1.54, 1.807) is 18.3 Å². The lowest BCUT2D eigenvalue weighted by Gasteiger charge is -2.26. The Balaban J connectivity index is 1.85. The number of benzene rings is 1. The molecule has 0 unspecified atom stereocenters. The Morgan fingerprint density at radius 3 is 2.69 bits per heavy atom. The number of anilines is 1. The van der Waals surface area contributed by atoms with Crippen molar-refractivity contribution in [2.24, 2.45) is 4.99 Å². The van der Waals surface area contributed by atoms with Crippen LogP contribution in [0.3, 0.4) is 0 Å². The van der Waals surface area contributed by atoms with E-state index in [0.29, 0.717) is 5.71 Å². The van der Waals surface area contributed by atoms with Crippen molar-refractivity contribution in [2.75, 3.05) is 11.4 Å². The Kier molecular flexibility index (Phi) is 4.73. The summed E-state index contributed by atoms with van der Waals surface area (Å²) in [6.45, 7) is 11.9. The molecule has 148 valence electrons. The van der Waals surface area contributed by atoms with E-state index in [4.69, 9.17) is 4.99 Å². The molecule has 0 saturated carbocycles. The van der Waals surface area contributed by atoms with Crippen molar-refractivity contribution in [3.05, 3.63) is 76.4 Å². The van der Waals surface area contributed by atoms with E-state index in [2.05, 4.69) is 56.6 Å². The van der Waals surface area contributed by atoms with E-state index in [1.807, 2.05) is 18.3 Å². The van der Waals surface area contributed by atoms with Gasteiger partial charge in [-0.1, -0.05) is 26.8 Å². The maximum atomic E-state index is 12.5. The third-order valence-electron chi connectivity index (χ3n) is 5.99. The van der Waals surface area contributed by atoms with Crippen LogP contribution in [0.25, 0.3) is 6.08 Å². The summed E-state index contributed by atoms with van der Waals surface area (Å²) < 4.78 is 0. The molecule has 0 bridgehead atoms. The third-order valence-corrected chi connectivity index (χ3v) is 5.99. The van der Waals surface area contributed by atoms with Gasteiger partial charge in [0.25, 0.3) is 0 Å². The highest BCUT2D eigenvalue weighted by molar-refractivity contribution is 6.52. The maximum absolute atomic E-state index is 12.5. The molecule has 29 heavy (non-hydrogen) atoms. The number of aromatic nitrogens is 1. The molecule has 1 aliphatic carbocycles. The average Bonchev–Trinajstić information content (AvgIpc) is 2.88. The molecule has 2 heterocycles. The predicted molar refractivity (Wildman–Crippen MR) is 119 cm³/mol. The Morgan fingerprint density at radius 2 is 1.93 bits per heavy atom. The second kappa shape index (κ2) is 7.11. The number of nitrogens with zero attached hydrogens (tertiary/aromatic N) is 3. The van der Waals surface area contributed by atoms with Crippen LogP contribution in [0, 0.1) is 13.8 Å². The van der Waals surface area contributed by atoms with Crippen LogP contribution < -0.4 is 4.90 Å². The van der Waals surface area contributed by atoms with Crippen LogP contribution in [0.5, 0.6) is 0 Å². The van der Waals surface area contributed by atoms with Crippen LogP contribution in [0.15, 0.2) is 53.4 Å². The summed E-state index contributed by atoms with van der Waals surface area (Å²) in [5, 5.41) is 0. The summed E-state index contributed by atoms with van der Waals surface area (Å²) in [6, 6.07) is 8.34. The fraction of sp³-hybridized carbons (Fsp3) is 0.320. The van der Waals surface area contributed by atoms with Gasteiger partial charge in [-0.3, -0.25) is 14.8 Å². The lowest BCUT2D eigenvalue weighted by molar-refractivity contribution is -0.108. The number of aliphatic imine (C=N–C) groups is 1. The molecule has 0 fully saturated rings. The minimum atomic E-state index is -0.182. The number of ketones is 1. The Bertz CT molecular complexity index is 1090. The van der Waals surface area contributed by atoms with Gasteiger partial charge >= 0.3 is 0 Å². The first-order valence-corrected chi connectivity index (χ1v) is 10.2. The fourth-order valence-electron chi connectivity index (χ4n) is 4.20. The van der Waals surface area contributed by atoms with Crippen molar-refractivity contribution in [2.45, 2.75) is 46.5 Å². The number of aryl methyl sites for hydroxylation is 2. The molecular formula is C25H27N3O. The number of carbonyl (C=O) groups excluding carboxylic acids is 1. The first-order valence-electron chi connectivity index (χ1n) is 10.2. The first-order chi connectivity index (χ1) is 13.8. The topological polar surface area (TPSA) is 45.6 Å². The number of pyridine rings is 1. The number of allylic oxidation sites excluding steroid dienone is 2. The van der Waals surface area contributed by atoms with E-state index < -0.39 is 0 Å². The minimum Gasteiger partial charge on any atom is -0.343 e. The summed E-state index contributed by atoms with van der Waals surface area (Å²) >= 11 is 0. The zero-order valence-electron chi connectivity index (χ0n) is 17.8. The summed E-state index contributed by atoms with van der Waals surface area (Å²) in [7, 11) is 0. The molecule has 4 nitrogen and oxygen atoms in total. The molecule has 0 spiro atoms. The van der Waals surface area contributed by atoms with E-state index in [-0.39, 0.29) is 11.2 Å². The molecule has 1 aliphatic heterocycles. The van der Waals surface area contributed by atoms with Gasteiger partial charge in [-0.25, -0.2) is 0 Å². The number of rotatable bonds is 3. The quantitative estimate of drug-likeness (QED) is 0.735. The van der Waals surface area contributed by atoms with E-state index >= 15 is 0 Å². The Morgan fingerprint density at radius 1 is 1.17 bits per heavy atom. The van der Waals surface area contributed by atoms with Crippen molar-refractivity contribution in [3.8, 4) is 0 Å². The van der Waals surface area contributed by atoms with Gasteiger partial charge in [-0.15, -0.1) is 0 Å². The van der Waals surface area contributed by atoms with Crippen LogP contribution >= 0.6 is 0 Å². The van der Waals surface area contributed by atoms with Crippen molar-refractivity contribution >= 4 is 23.3 Å². The van der Waals surface area contributed by atoms with Crippen LogP contribution in [0.4, 0.5) is 5.69 Å². The van der Waals surface area contributed by atoms with Crippen LogP contribution in [-0.4, -0.2) is 23.0 Å². The highest BCUT2D eigenvalue weighted by atomic mass is 16.1. The second-order valence-corrected chi connectivity index (χ2v) is 8.36. The molecule has 0 N–H and O–H groups in total. The van der Waals surface area contributed by atoms with Gasteiger partial charge in [0.15, 0.2) is 0 Å². The van der Waals surface area contributed by atoms with Gasteiger partial charge in [-0.05, 0) is 67.3 Å². The van der Waals surface area contributed by atoms with Crippen molar-refractivity contribution in [3.63, 3.8) is 0 Å². The van der Waals surface area contributed by atoms with Crippen LogP contribution in [-0.2, 0) is 10.2 Å². The van der Waals surface area contributed by atoms with Gasteiger partial charge in [-0.2, -0.15) is 0 Å². The van der Waals surface area contributed by atoms with Crippen molar-refractivity contribution < 1.29 is 4.79 Å². The number of hydrogen-bond acceptors (Lipinski definition) is 4. The van der Waals surface area contributed by atoms with E-state index in [0.717, 1.165) is 29.9 Å². The standard InChI is InChI=1S/C25H27N3O/c1-6-12-28-21-14-17(3)16(2)13-19(21)25(4,5)23(28)15-27-24-18-8-7-11-26-20(18)9-10-22(24)29/h7-11,13-15H,6,12H2,1-5H3/b23-15-,27-24?. The van der Waals surface area contributed by atoms with Gasteiger partial charge in [0, 0.05) is 41.3 Å². The molecule has 4 heteroatoms. The SMILES string of the molecule is CCCN1/C(=C\N=C2C(=O)C=Cc3ncccc32)C(C)(C)c2cc(C)c(C)cc21. The number of hydrogen-bond donors (Lipinski definition) is 0. The highest BCUT2D eigenvalue weighted by Crippen LogP contribution is 2.48. The Hall–Kier alpha value is -3.01. The Labute approximate surface area is 172 Å². The number of fused-ring (bicyclic) bond motifs is 2. The monoisotopic (exact) mass is 385 g/mol. The molecule has 1 aromatic carbocycles. The van der Waals surface area contributed by atoms with Gasteiger partial charge in [0.2, 0.25) is 5.78 Å². The van der Waals surface area contributed by atoms with Gasteiger partial charge < -0.3 is 4.90 Å². The lowest BCUT2D eigenvalue weighted by Crippen LogP contribution is -2.27. The average molecular weight is 386 g/mol. The second-order valence-electron chi connectivity index (χ2n) is 8.36. The maximum Gasteiger partial charge on any atom is 0.204 e. The molecular weight excluding hydrogens is 358 g/mol. The summed E-state index contributed by atoms with van der Waals surface area (Å²) in [5.41, 5.74) is 8.14. The van der Waals surface area contributed by atoms with Gasteiger partial charge in [0.1, 0.15) is 5.71 Å². The molecule has 0 amide bonds. The van der Waals surface area contributed by atoms with Gasteiger partial charge in [0.05, 0.1) is 5.69 Å². The number of carbonyl (C=O) groups is 1. The first kappa shape index (κ1) is 19.3. The van der Waals surface area contributed by atoms with Crippen molar-refractivity contribution in [1.29, 1.82) is 0 Å². The van der Waals surface area contributed by atoms with Crippen molar-refractivity contribution in [1.82, 2.24) is 4.98 Å². The van der Waals surface area contributed by atoms with E-state index in [1.165, 1.54) is 22.4 Å². The zero-order chi connectivity index (χ0) is 20.8. The lowest BCUT2D eigenvalue weighted by atomic mass is 9.83. The largest absolute Gasteiger partial charge is 0.343 e. The molecule has 2 aliphatic rings. The molecule has 4 rings (SSSR count). The summed E-state index contributed by atoms with van der Waals surface area (Å²) in [4.78, 5) is 24.0. The molecule has 0 saturated heterocycles. The third kappa shape index (κ3) is 3.13. The molecule has 2 aromatic rings. The minimum absolute atomic E-state index is 0.0793. The predicted octanol–water partition coefficient (Wildman–Crippen LogP) is 5.13. The fourth-order valence-corrected chi connectivity index (χ4v) is 4.20. The highest BCUT2D eigenvalue weighted by Gasteiger charge is 2.40.